The first-order valence-electron chi connectivity index (χ1n) is 7.63. The smallest absolute Gasteiger partial charge is 0.255 e. The predicted molar refractivity (Wildman–Crippen MR) is 86.8 cm³/mol. The van der Waals surface area contributed by atoms with Crippen LogP contribution in [0.1, 0.15) is 25.5 Å². The van der Waals surface area contributed by atoms with E-state index in [-0.39, 0.29) is 18.0 Å². The minimum absolute atomic E-state index is 0.00987. The van der Waals surface area contributed by atoms with Gasteiger partial charge in [-0.1, -0.05) is 6.07 Å². The van der Waals surface area contributed by atoms with E-state index in [9.17, 15) is 4.79 Å². The molecule has 2 heterocycles. The Bertz CT molecular complexity index is 831. The van der Waals surface area contributed by atoms with Gasteiger partial charge in [0, 0.05) is 17.2 Å². The van der Waals surface area contributed by atoms with E-state index in [1.54, 1.807) is 10.6 Å². The van der Waals surface area contributed by atoms with Crippen LogP contribution in [0.25, 0.3) is 11.3 Å². The normalized spacial score (nSPS) is 13.0. The third kappa shape index (κ3) is 2.80. The summed E-state index contributed by atoms with van der Waals surface area (Å²) in [6.45, 7) is 4.98. The zero-order chi connectivity index (χ0) is 16.4. The predicted octanol–water partition coefficient (Wildman–Crippen LogP) is 2.93. The molecule has 0 bridgehead atoms. The maximum absolute atomic E-state index is 12.6. The van der Waals surface area contributed by atoms with Crippen molar-refractivity contribution in [2.45, 2.75) is 26.3 Å². The van der Waals surface area contributed by atoms with Crippen LogP contribution in [0.5, 0.6) is 11.5 Å². The van der Waals surface area contributed by atoms with Crippen LogP contribution in [0.15, 0.2) is 35.1 Å². The van der Waals surface area contributed by atoms with Crippen molar-refractivity contribution < 1.29 is 9.47 Å². The molecule has 0 fully saturated rings. The monoisotopic (exact) mass is 310 g/mol. The van der Waals surface area contributed by atoms with Gasteiger partial charge in [-0.3, -0.25) is 4.79 Å². The lowest BCUT2D eigenvalue weighted by Gasteiger charge is -2.21. The Hall–Kier alpha value is -2.74. The fourth-order valence-electron chi connectivity index (χ4n) is 2.77. The average Bonchev–Trinajstić information content (AvgIpc) is 2.56. The van der Waals surface area contributed by atoms with Gasteiger partial charge in [0.15, 0.2) is 11.5 Å². The molecule has 0 atom stereocenters. The number of nitrogens with zero attached hydrogens (tertiary/aromatic N) is 2. The van der Waals surface area contributed by atoms with Gasteiger partial charge in [0.1, 0.15) is 13.2 Å². The lowest BCUT2D eigenvalue weighted by atomic mass is 10.1. The fourth-order valence-corrected chi connectivity index (χ4v) is 2.77. The van der Waals surface area contributed by atoms with Crippen LogP contribution in [0.3, 0.4) is 0 Å². The highest BCUT2D eigenvalue weighted by atomic mass is 16.6. The summed E-state index contributed by atoms with van der Waals surface area (Å²) in [6, 6.07) is 11.3. The van der Waals surface area contributed by atoms with Crippen LogP contribution in [0, 0.1) is 11.3 Å². The molecule has 2 aromatic rings. The second-order valence-corrected chi connectivity index (χ2v) is 5.71. The van der Waals surface area contributed by atoms with Crippen molar-refractivity contribution in [2.75, 3.05) is 13.2 Å². The molecule has 1 aromatic heterocycles. The van der Waals surface area contributed by atoms with Crippen molar-refractivity contribution in [2.24, 2.45) is 0 Å². The van der Waals surface area contributed by atoms with Gasteiger partial charge < -0.3 is 14.0 Å². The van der Waals surface area contributed by atoms with Gasteiger partial charge in [0.05, 0.1) is 18.2 Å². The molecule has 0 saturated heterocycles. The number of aromatic nitrogens is 1. The van der Waals surface area contributed by atoms with Crippen LogP contribution in [0.2, 0.25) is 0 Å². The van der Waals surface area contributed by atoms with E-state index in [1.165, 1.54) is 0 Å². The first-order chi connectivity index (χ1) is 11.1. The maximum Gasteiger partial charge on any atom is 0.255 e. The van der Waals surface area contributed by atoms with E-state index in [0.717, 1.165) is 17.0 Å². The SMILES string of the molecule is CC(C)n1c(-c2ccc3c(c2)OCCO3)ccc(CC#N)c1=O. The molecule has 0 N–H and O–H groups in total. The summed E-state index contributed by atoms with van der Waals surface area (Å²) in [7, 11) is 0. The Morgan fingerprint density at radius 2 is 1.91 bits per heavy atom. The van der Waals surface area contributed by atoms with Crippen LogP contribution in [-0.4, -0.2) is 17.8 Å². The maximum atomic E-state index is 12.6. The molecule has 0 amide bonds. The van der Waals surface area contributed by atoms with Crippen LogP contribution in [-0.2, 0) is 6.42 Å². The highest BCUT2D eigenvalue weighted by Gasteiger charge is 2.16. The number of hydrogen-bond acceptors (Lipinski definition) is 4. The van der Waals surface area contributed by atoms with Crippen LogP contribution in [0.4, 0.5) is 0 Å². The molecule has 5 nitrogen and oxygen atoms in total. The van der Waals surface area contributed by atoms with Crippen molar-refractivity contribution in [3.05, 3.63) is 46.2 Å². The zero-order valence-corrected chi connectivity index (χ0v) is 13.2. The molecule has 5 heteroatoms. The molecule has 23 heavy (non-hydrogen) atoms. The summed E-state index contributed by atoms with van der Waals surface area (Å²) in [5.41, 5.74) is 2.10. The Kier molecular flexibility index (Phi) is 4.07. The topological polar surface area (TPSA) is 64.2 Å². The largest absolute Gasteiger partial charge is 0.486 e. The first-order valence-corrected chi connectivity index (χ1v) is 7.63. The summed E-state index contributed by atoms with van der Waals surface area (Å²) in [5, 5.41) is 8.86. The van der Waals surface area contributed by atoms with Crippen molar-refractivity contribution in [1.82, 2.24) is 4.57 Å². The lowest BCUT2D eigenvalue weighted by Crippen LogP contribution is -2.26. The number of nitriles is 1. The molecule has 0 spiro atoms. The van der Waals surface area contributed by atoms with Gasteiger partial charge >= 0.3 is 0 Å². The van der Waals surface area contributed by atoms with Crippen molar-refractivity contribution >= 4 is 0 Å². The minimum Gasteiger partial charge on any atom is -0.486 e. The number of fused-ring (bicyclic) bond motifs is 1. The first kappa shape index (κ1) is 15.2. The van der Waals surface area contributed by atoms with Crippen LogP contribution < -0.4 is 15.0 Å². The quantitative estimate of drug-likeness (QED) is 0.874. The van der Waals surface area contributed by atoms with Crippen LogP contribution >= 0.6 is 0 Å². The van der Waals surface area contributed by atoms with E-state index in [0.29, 0.717) is 24.5 Å². The standard InChI is InChI=1S/C18H18N2O3/c1-12(2)20-15(5-3-13(7-8-19)18(20)21)14-4-6-16-17(11-14)23-10-9-22-16/h3-6,11-12H,7,9-10H2,1-2H3. The Balaban J connectivity index is 2.14. The molecular weight excluding hydrogens is 292 g/mol. The van der Waals surface area contributed by atoms with Gasteiger partial charge in [-0.25, -0.2) is 0 Å². The van der Waals surface area contributed by atoms with Crippen molar-refractivity contribution in [3.63, 3.8) is 0 Å². The molecule has 0 aliphatic carbocycles. The van der Waals surface area contributed by atoms with E-state index < -0.39 is 0 Å². The fraction of sp³-hybridized carbons (Fsp3) is 0.333. The third-order valence-corrected chi connectivity index (χ3v) is 3.82. The summed E-state index contributed by atoms with van der Waals surface area (Å²) in [5.74, 6) is 1.41. The molecule has 0 unspecified atom stereocenters. The molecule has 1 aliphatic heterocycles. The molecule has 0 saturated carbocycles. The molecular formula is C18H18N2O3. The highest BCUT2D eigenvalue weighted by Crippen LogP contribution is 2.34. The van der Waals surface area contributed by atoms with E-state index >= 15 is 0 Å². The van der Waals surface area contributed by atoms with Gasteiger partial charge in [0.25, 0.3) is 5.56 Å². The summed E-state index contributed by atoms with van der Waals surface area (Å²) < 4.78 is 12.9. The molecule has 0 radical (unpaired) electrons. The Labute approximate surface area is 134 Å². The highest BCUT2D eigenvalue weighted by molar-refractivity contribution is 5.65. The van der Waals surface area contributed by atoms with E-state index in [2.05, 4.69) is 0 Å². The van der Waals surface area contributed by atoms with Gasteiger partial charge in [-0.2, -0.15) is 5.26 Å². The Morgan fingerprint density at radius 1 is 1.17 bits per heavy atom. The number of pyridine rings is 1. The van der Waals surface area contributed by atoms with Gasteiger partial charge in [-0.05, 0) is 38.1 Å². The summed E-state index contributed by atoms with van der Waals surface area (Å²) >= 11 is 0. The second kappa shape index (κ2) is 6.17. The second-order valence-electron chi connectivity index (χ2n) is 5.71. The number of benzene rings is 1. The summed E-state index contributed by atoms with van der Waals surface area (Å²) in [6.07, 6.45) is 0.118. The zero-order valence-electron chi connectivity index (χ0n) is 13.2. The average molecular weight is 310 g/mol. The molecule has 1 aromatic carbocycles. The summed E-state index contributed by atoms with van der Waals surface area (Å²) in [4.78, 5) is 12.6. The third-order valence-electron chi connectivity index (χ3n) is 3.82. The molecule has 1 aliphatic rings. The molecule has 3 rings (SSSR count). The van der Waals surface area contributed by atoms with Gasteiger partial charge in [0.2, 0.25) is 0 Å². The number of ether oxygens (including phenoxy) is 2. The van der Waals surface area contributed by atoms with Crippen molar-refractivity contribution in [1.29, 1.82) is 5.26 Å². The van der Waals surface area contributed by atoms with Gasteiger partial charge in [-0.15, -0.1) is 0 Å². The number of rotatable bonds is 3. The van der Waals surface area contributed by atoms with E-state index in [1.807, 2.05) is 44.2 Å². The Morgan fingerprint density at radius 3 is 2.61 bits per heavy atom. The van der Waals surface area contributed by atoms with E-state index in [4.69, 9.17) is 14.7 Å². The lowest BCUT2D eigenvalue weighted by molar-refractivity contribution is 0.171. The molecule has 118 valence electrons. The number of hydrogen-bond donors (Lipinski definition) is 0. The van der Waals surface area contributed by atoms with Crippen molar-refractivity contribution in [3.8, 4) is 28.8 Å². The minimum atomic E-state index is -0.117.